The van der Waals surface area contributed by atoms with Crippen LogP contribution in [0.3, 0.4) is 0 Å². The van der Waals surface area contributed by atoms with Crippen LogP contribution in [0, 0.1) is 0 Å². The van der Waals surface area contributed by atoms with Gasteiger partial charge in [0.25, 0.3) is 0 Å². The van der Waals surface area contributed by atoms with E-state index in [-0.39, 0.29) is 0 Å². The van der Waals surface area contributed by atoms with E-state index in [4.69, 9.17) is 10.1 Å². The maximum absolute atomic E-state index is 5.40. The molecule has 0 aromatic carbocycles. The summed E-state index contributed by atoms with van der Waals surface area (Å²) in [6, 6.07) is 0. The summed E-state index contributed by atoms with van der Waals surface area (Å²) in [5.41, 5.74) is 0. The molecule has 0 rings (SSSR count). The third-order valence-corrected chi connectivity index (χ3v) is 2.78. The van der Waals surface area contributed by atoms with Gasteiger partial charge in [0.1, 0.15) is 0 Å². The van der Waals surface area contributed by atoms with Gasteiger partial charge in [0.2, 0.25) is 0 Å². The van der Waals surface area contributed by atoms with Gasteiger partial charge in [-0.15, -0.1) is 0 Å². The van der Waals surface area contributed by atoms with Crippen molar-refractivity contribution in [3.05, 3.63) is 0 Å². The second-order valence-electron chi connectivity index (χ2n) is 1.14. The Labute approximate surface area is 43.3 Å². The summed E-state index contributed by atoms with van der Waals surface area (Å²) in [6.07, 6.45) is 0. The Morgan fingerprint density at radius 1 is 1.60 bits per heavy atom. The van der Waals surface area contributed by atoms with Crippen molar-refractivity contribution in [2.24, 2.45) is 0 Å². The fourth-order valence-corrected chi connectivity index (χ4v) is 0. The molecular formula is C3H7ClSe. The van der Waals surface area contributed by atoms with E-state index in [0.717, 1.165) is 0 Å². The molecule has 0 radical (unpaired) electrons. The molecule has 0 spiro atoms. The summed E-state index contributed by atoms with van der Waals surface area (Å²) in [7, 11) is 5.40. The zero-order valence-corrected chi connectivity index (χ0v) is 5.83. The molecule has 0 aromatic rings. The van der Waals surface area contributed by atoms with Gasteiger partial charge >= 0.3 is 42.8 Å². The molecular weight excluding hydrogens is 150 g/mol. The van der Waals surface area contributed by atoms with E-state index in [1.54, 1.807) is 0 Å². The Balaban J connectivity index is 2.54. The van der Waals surface area contributed by atoms with E-state index < -0.39 is 0 Å². The van der Waals surface area contributed by atoms with Gasteiger partial charge in [-0.2, -0.15) is 0 Å². The van der Waals surface area contributed by atoms with Crippen LogP contribution in [0.2, 0.25) is 4.82 Å². The predicted molar refractivity (Wildman–Crippen MR) is 26.7 cm³/mol. The summed E-state index contributed by atoms with van der Waals surface area (Å²) in [4.78, 5) is 0.712. The fraction of sp³-hybridized carbons (Fsp3) is 1.00. The van der Waals surface area contributed by atoms with Crippen molar-refractivity contribution >= 4 is 24.1 Å². The van der Waals surface area contributed by atoms with E-state index >= 15 is 0 Å². The first-order valence-corrected chi connectivity index (χ1v) is 4.78. The summed E-state index contributed by atoms with van der Waals surface area (Å²) >= 11 is 0.347. The van der Waals surface area contributed by atoms with Crippen LogP contribution in [-0.4, -0.2) is 14.0 Å². The SMILES string of the molecule is CC(C)[Se]Cl. The molecule has 0 heterocycles. The van der Waals surface area contributed by atoms with E-state index in [2.05, 4.69) is 13.8 Å². The third-order valence-electron chi connectivity index (χ3n) is 0.178. The molecule has 0 amide bonds. The average molecular weight is 158 g/mol. The molecule has 0 aliphatic carbocycles. The molecule has 0 nitrogen and oxygen atoms in total. The summed E-state index contributed by atoms with van der Waals surface area (Å²) in [5, 5.41) is 0. The van der Waals surface area contributed by atoms with Crippen molar-refractivity contribution < 1.29 is 0 Å². The average Bonchev–Trinajstić information content (AvgIpc) is 1.38. The van der Waals surface area contributed by atoms with Gasteiger partial charge in [-0.3, -0.25) is 0 Å². The molecule has 2 heteroatoms. The van der Waals surface area contributed by atoms with Crippen LogP contribution in [0.4, 0.5) is 0 Å². The molecule has 0 unspecified atom stereocenters. The van der Waals surface area contributed by atoms with Crippen LogP contribution in [-0.2, 0) is 0 Å². The van der Waals surface area contributed by atoms with Crippen molar-refractivity contribution in [3.63, 3.8) is 0 Å². The first-order valence-electron chi connectivity index (χ1n) is 1.54. The van der Waals surface area contributed by atoms with E-state index in [1.807, 2.05) is 0 Å². The zero-order valence-electron chi connectivity index (χ0n) is 3.36. The summed E-state index contributed by atoms with van der Waals surface area (Å²) in [6.45, 7) is 4.24. The van der Waals surface area contributed by atoms with E-state index in [0.29, 0.717) is 18.9 Å². The first-order chi connectivity index (χ1) is 2.27. The van der Waals surface area contributed by atoms with Crippen molar-refractivity contribution in [2.45, 2.75) is 18.7 Å². The van der Waals surface area contributed by atoms with Crippen LogP contribution >= 0.6 is 10.1 Å². The fourth-order valence-electron chi connectivity index (χ4n) is 0. The van der Waals surface area contributed by atoms with Crippen LogP contribution in [0.25, 0.3) is 0 Å². The Morgan fingerprint density at radius 3 is 1.80 bits per heavy atom. The van der Waals surface area contributed by atoms with Crippen LogP contribution in [0.1, 0.15) is 13.8 Å². The number of halogens is 1. The molecule has 0 atom stereocenters. The normalized spacial score (nSPS) is 9.60. The van der Waals surface area contributed by atoms with Gasteiger partial charge in [0, 0.05) is 0 Å². The van der Waals surface area contributed by atoms with Gasteiger partial charge in [-0.25, -0.2) is 0 Å². The molecule has 0 N–H and O–H groups in total. The van der Waals surface area contributed by atoms with Gasteiger partial charge in [-0.05, 0) is 0 Å². The minimum atomic E-state index is 0.347. The van der Waals surface area contributed by atoms with E-state index in [1.165, 1.54) is 0 Å². The molecule has 0 aliphatic rings. The second kappa shape index (κ2) is 3.02. The Morgan fingerprint density at radius 2 is 1.80 bits per heavy atom. The molecule has 0 saturated heterocycles. The molecule has 0 aromatic heterocycles. The Kier molecular flexibility index (Phi) is 3.51. The predicted octanol–water partition coefficient (Wildman–Crippen LogP) is 1.67. The third kappa shape index (κ3) is 4.81. The standard InChI is InChI=1S/C3H7ClSe/c1-3(2)5-4/h3H,1-2H3. The Bertz CT molecular complexity index is 20.9. The number of rotatable bonds is 1. The number of hydrogen-bond donors (Lipinski definition) is 0. The molecule has 32 valence electrons. The van der Waals surface area contributed by atoms with Crippen LogP contribution in [0.15, 0.2) is 0 Å². The van der Waals surface area contributed by atoms with Crippen molar-refractivity contribution in [1.29, 1.82) is 0 Å². The summed E-state index contributed by atoms with van der Waals surface area (Å²) in [5.74, 6) is 0. The van der Waals surface area contributed by atoms with Gasteiger partial charge < -0.3 is 0 Å². The van der Waals surface area contributed by atoms with Gasteiger partial charge in [0.15, 0.2) is 0 Å². The molecule has 0 fully saturated rings. The molecule has 5 heavy (non-hydrogen) atoms. The molecule has 0 saturated carbocycles. The van der Waals surface area contributed by atoms with Gasteiger partial charge in [0.05, 0.1) is 0 Å². The first kappa shape index (κ1) is 5.81. The van der Waals surface area contributed by atoms with Gasteiger partial charge in [-0.1, -0.05) is 0 Å². The van der Waals surface area contributed by atoms with Crippen molar-refractivity contribution in [1.82, 2.24) is 0 Å². The molecule has 0 aliphatic heterocycles. The molecule has 0 bridgehead atoms. The van der Waals surface area contributed by atoms with E-state index in [9.17, 15) is 0 Å². The summed E-state index contributed by atoms with van der Waals surface area (Å²) < 4.78 is 0. The van der Waals surface area contributed by atoms with Crippen molar-refractivity contribution in [2.75, 3.05) is 0 Å². The topological polar surface area (TPSA) is 0 Å². The zero-order chi connectivity index (χ0) is 4.28. The maximum atomic E-state index is 5.40. The quantitative estimate of drug-likeness (QED) is 0.508. The monoisotopic (exact) mass is 158 g/mol. The Hall–Kier alpha value is 0.809. The minimum absolute atomic E-state index is 0.347. The van der Waals surface area contributed by atoms with Crippen LogP contribution in [0.5, 0.6) is 0 Å². The van der Waals surface area contributed by atoms with Crippen molar-refractivity contribution in [3.8, 4) is 0 Å². The number of hydrogen-bond acceptors (Lipinski definition) is 0. The van der Waals surface area contributed by atoms with Crippen LogP contribution < -0.4 is 0 Å². The second-order valence-corrected chi connectivity index (χ2v) is 4.42.